The lowest BCUT2D eigenvalue weighted by atomic mass is 9.79. The van der Waals surface area contributed by atoms with Crippen molar-refractivity contribution in [2.75, 3.05) is 13.1 Å². The van der Waals surface area contributed by atoms with Gasteiger partial charge in [-0.3, -0.25) is 0 Å². The molecule has 0 saturated heterocycles. The first-order valence-electron chi connectivity index (χ1n) is 7.35. The molecule has 1 aliphatic carbocycles. The Labute approximate surface area is 129 Å². The highest BCUT2D eigenvalue weighted by molar-refractivity contribution is 9.10. The quantitative estimate of drug-likeness (QED) is 0.771. The third kappa shape index (κ3) is 4.55. The Morgan fingerprint density at radius 2 is 2.30 bits per heavy atom. The first-order chi connectivity index (χ1) is 9.48. The van der Waals surface area contributed by atoms with Crippen molar-refractivity contribution in [3.63, 3.8) is 0 Å². The van der Waals surface area contributed by atoms with Gasteiger partial charge < -0.3 is 15.5 Å². The summed E-state index contributed by atoms with van der Waals surface area (Å²) in [6, 6.07) is 7.69. The van der Waals surface area contributed by atoms with Crippen LogP contribution in [0.1, 0.15) is 44.3 Å². The van der Waals surface area contributed by atoms with E-state index in [2.05, 4.69) is 28.2 Å². The molecule has 112 valence electrons. The molecular weight excluding hydrogens is 318 g/mol. The molecule has 4 heteroatoms. The molecule has 1 fully saturated rings. The van der Waals surface area contributed by atoms with Crippen molar-refractivity contribution in [3.05, 3.63) is 34.3 Å². The maximum absolute atomic E-state index is 10.5. The van der Waals surface area contributed by atoms with Crippen LogP contribution in [0.2, 0.25) is 0 Å². The summed E-state index contributed by atoms with van der Waals surface area (Å²) in [5.41, 5.74) is 0.283. The zero-order valence-corrected chi connectivity index (χ0v) is 13.6. The Hall–Kier alpha value is -0.420. The largest absolute Gasteiger partial charge is 0.389 e. The second kappa shape index (κ2) is 7.03. The Kier molecular flexibility index (Phi) is 5.61. The lowest BCUT2D eigenvalue weighted by Gasteiger charge is -2.36. The summed E-state index contributed by atoms with van der Waals surface area (Å²) in [6.45, 7) is 3.22. The Bertz CT molecular complexity index is 440. The zero-order valence-electron chi connectivity index (χ0n) is 12.0. The average Bonchev–Trinajstić information content (AvgIpc) is 2.38. The van der Waals surface area contributed by atoms with Gasteiger partial charge in [0.1, 0.15) is 0 Å². The predicted octanol–water partition coefficient (Wildman–Crippen LogP) is 3.01. The minimum Gasteiger partial charge on any atom is -0.389 e. The molecule has 2 rings (SSSR count). The van der Waals surface area contributed by atoms with Crippen molar-refractivity contribution in [2.45, 2.75) is 44.3 Å². The Morgan fingerprint density at radius 3 is 3.00 bits per heavy atom. The highest BCUT2D eigenvalue weighted by Crippen LogP contribution is 2.31. The molecule has 1 saturated carbocycles. The van der Waals surface area contributed by atoms with E-state index in [1.54, 1.807) is 0 Å². The number of rotatable bonds is 5. The van der Waals surface area contributed by atoms with E-state index in [9.17, 15) is 10.2 Å². The van der Waals surface area contributed by atoms with Gasteiger partial charge in [0.05, 0.1) is 11.7 Å². The maximum atomic E-state index is 10.5. The zero-order chi connectivity index (χ0) is 14.6. The van der Waals surface area contributed by atoms with Crippen molar-refractivity contribution < 1.29 is 10.2 Å². The number of benzene rings is 1. The van der Waals surface area contributed by atoms with Gasteiger partial charge in [-0.25, -0.2) is 0 Å². The normalized spacial score (nSPS) is 28.3. The van der Waals surface area contributed by atoms with Crippen molar-refractivity contribution in [1.82, 2.24) is 5.32 Å². The highest BCUT2D eigenvalue weighted by atomic mass is 79.9. The van der Waals surface area contributed by atoms with Crippen LogP contribution in [0.15, 0.2) is 28.7 Å². The van der Waals surface area contributed by atoms with Gasteiger partial charge in [0.2, 0.25) is 0 Å². The minimum absolute atomic E-state index is 0.465. The molecule has 0 aliphatic heterocycles. The van der Waals surface area contributed by atoms with Gasteiger partial charge in [-0.15, -0.1) is 0 Å². The summed E-state index contributed by atoms with van der Waals surface area (Å²) < 4.78 is 0.966. The van der Waals surface area contributed by atoms with Gasteiger partial charge in [-0.1, -0.05) is 47.8 Å². The number of halogens is 1. The molecule has 3 atom stereocenters. The van der Waals surface area contributed by atoms with E-state index in [0.29, 0.717) is 19.0 Å². The molecule has 0 heterocycles. The molecule has 0 radical (unpaired) electrons. The molecule has 1 aliphatic rings. The molecule has 1 aromatic rings. The number of hydrogen-bond donors (Lipinski definition) is 3. The fourth-order valence-electron chi connectivity index (χ4n) is 3.07. The van der Waals surface area contributed by atoms with Crippen LogP contribution >= 0.6 is 15.9 Å². The molecule has 0 aromatic heterocycles. The fourth-order valence-corrected chi connectivity index (χ4v) is 3.48. The smallest absolute Gasteiger partial charge is 0.0914 e. The standard InChI is InChI=1S/C16H24BrNO2/c1-12-4-3-7-16(20,9-12)11-18-10-15(19)13-5-2-6-14(17)8-13/h2,5-6,8,12,15,18-20H,3-4,7,9-11H2,1H3. The van der Waals surface area contributed by atoms with Crippen LogP contribution in [0.3, 0.4) is 0 Å². The lowest BCUT2D eigenvalue weighted by Crippen LogP contribution is -2.44. The lowest BCUT2D eigenvalue weighted by molar-refractivity contribution is -0.0135. The van der Waals surface area contributed by atoms with Crippen LogP contribution < -0.4 is 5.32 Å². The van der Waals surface area contributed by atoms with Gasteiger partial charge >= 0.3 is 0 Å². The number of aliphatic hydroxyl groups excluding tert-OH is 1. The van der Waals surface area contributed by atoms with E-state index in [0.717, 1.165) is 29.3 Å². The van der Waals surface area contributed by atoms with Gasteiger partial charge in [-0.05, 0) is 36.5 Å². The first kappa shape index (κ1) is 16.0. The summed E-state index contributed by atoms with van der Waals surface area (Å²) in [6.07, 6.45) is 3.47. The maximum Gasteiger partial charge on any atom is 0.0914 e. The molecule has 20 heavy (non-hydrogen) atoms. The van der Waals surface area contributed by atoms with Crippen LogP contribution in [0.5, 0.6) is 0 Å². The second-order valence-electron chi connectivity index (χ2n) is 6.13. The Balaban J connectivity index is 1.80. The monoisotopic (exact) mass is 341 g/mol. The van der Waals surface area contributed by atoms with Crippen LogP contribution in [-0.2, 0) is 0 Å². The summed E-state index contributed by atoms with van der Waals surface area (Å²) in [7, 11) is 0. The third-order valence-corrected chi connectivity index (χ3v) is 4.59. The first-order valence-corrected chi connectivity index (χ1v) is 8.14. The van der Waals surface area contributed by atoms with E-state index in [1.807, 2.05) is 24.3 Å². The SMILES string of the molecule is CC1CCCC(O)(CNCC(O)c2cccc(Br)c2)C1. The number of hydrogen-bond acceptors (Lipinski definition) is 3. The Morgan fingerprint density at radius 1 is 1.50 bits per heavy atom. The average molecular weight is 342 g/mol. The summed E-state index contributed by atoms with van der Waals surface area (Å²) in [5, 5.41) is 23.9. The van der Waals surface area contributed by atoms with E-state index >= 15 is 0 Å². The van der Waals surface area contributed by atoms with E-state index in [-0.39, 0.29) is 0 Å². The van der Waals surface area contributed by atoms with Crippen LogP contribution in [0.25, 0.3) is 0 Å². The minimum atomic E-state index is -0.603. The molecule has 0 bridgehead atoms. The topological polar surface area (TPSA) is 52.5 Å². The molecule has 0 amide bonds. The number of aliphatic hydroxyl groups is 2. The third-order valence-electron chi connectivity index (χ3n) is 4.09. The summed E-state index contributed by atoms with van der Waals surface area (Å²) in [5.74, 6) is 0.588. The molecular formula is C16H24BrNO2. The summed E-state index contributed by atoms with van der Waals surface area (Å²) >= 11 is 3.40. The van der Waals surface area contributed by atoms with Gasteiger partial charge in [-0.2, -0.15) is 0 Å². The van der Waals surface area contributed by atoms with E-state index in [4.69, 9.17) is 0 Å². The predicted molar refractivity (Wildman–Crippen MR) is 84.6 cm³/mol. The fraction of sp³-hybridized carbons (Fsp3) is 0.625. The van der Waals surface area contributed by atoms with Crippen molar-refractivity contribution in [3.8, 4) is 0 Å². The molecule has 0 spiro atoms. The van der Waals surface area contributed by atoms with Gasteiger partial charge in [0.25, 0.3) is 0 Å². The van der Waals surface area contributed by atoms with Crippen LogP contribution in [0, 0.1) is 5.92 Å². The van der Waals surface area contributed by atoms with Crippen molar-refractivity contribution in [1.29, 1.82) is 0 Å². The molecule has 1 aromatic carbocycles. The second-order valence-corrected chi connectivity index (χ2v) is 7.04. The van der Waals surface area contributed by atoms with Crippen LogP contribution in [-0.4, -0.2) is 28.9 Å². The van der Waals surface area contributed by atoms with Gasteiger partial charge in [0, 0.05) is 17.6 Å². The summed E-state index contributed by atoms with van der Waals surface area (Å²) in [4.78, 5) is 0. The number of nitrogens with one attached hydrogen (secondary N) is 1. The highest BCUT2D eigenvalue weighted by Gasteiger charge is 2.32. The van der Waals surface area contributed by atoms with Gasteiger partial charge in [0.15, 0.2) is 0 Å². The van der Waals surface area contributed by atoms with E-state index < -0.39 is 11.7 Å². The molecule has 3 N–H and O–H groups in total. The van der Waals surface area contributed by atoms with Crippen molar-refractivity contribution >= 4 is 15.9 Å². The molecule has 3 nitrogen and oxygen atoms in total. The van der Waals surface area contributed by atoms with Crippen LogP contribution in [0.4, 0.5) is 0 Å². The van der Waals surface area contributed by atoms with Crippen molar-refractivity contribution in [2.24, 2.45) is 5.92 Å². The molecule has 3 unspecified atom stereocenters. The van der Waals surface area contributed by atoms with E-state index in [1.165, 1.54) is 6.42 Å².